The molecule has 0 aliphatic rings. The zero-order chi connectivity index (χ0) is 19.4. The van der Waals surface area contributed by atoms with Crippen LogP contribution >= 0.6 is 11.9 Å². The molecule has 0 spiro atoms. The van der Waals surface area contributed by atoms with Crippen LogP contribution in [0.2, 0.25) is 0 Å². The van der Waals surface area contributed by atoms with Crippen molar-refractivity contribution in [1.29, 1.82) is 0 Å². The number of aromatic nitrogens is 1. The minimum atomic E-state index is -0.286. The Kier molecular flexibility index (Phi) is 5.93. The predicted octanol–water partition coefficient (Wildman–Crippen LogP) is 4.09. The Morgan fingerprint density at radius 2 is 2.11 bits per heavy atom. The van der Waals surface area contributed by atoms with Crippen LogP contribution in [0.15, 0.2) is 47.5 Å². The number of nitrogens with two attached hydrogens (primary N) is 1. The number of methoxy groups -OCH3 is 1. The Bertz CT molecular complexity index is 994. The number of benzene rings is 2. The van der Waals surface area contributed by atoms with Crippen molar-refractivity contribution >= 4 is 34.3 Å². The molecule has 0 atom stereocenters. The SMILES string of the molecule is CCc1c(F)cccc1CC(=O)Nc1cc(SN)c2ccnc(OC)c2c1. The molecule has 0 radical (unpaired) electrons. The molecular weight excluding hydrogens is 365 g/mol. The topological polar surface area (TPSA) is 77.2 Å². The normalized spacial score (nSPS) is 10.8. The number of nitrogens with zero attached hydrogens (tertiary/aromatic N) is 1. The van der Waals surface area contributed by atoms with Gasteiger partial charge in [0.25, 0.3) is 0 Å². The van der Waals surface area contributed by atoms with Gasteiger partial charge in [0.15, 0.2) is 0 Å². The first kappa shape index (κ1) is 19.1. The molecule has 1 heterocycles. The molecule has 2 aromatic carbocycles. The second-order valence-corrected chi connectivity index (χ2v) is 6.64. The standard InChI is InChI=1S/C20H20FN3O2S/c1-3-14-12(5-4-6-17(14)21)9-19(25)24-13-10-16-15(18(11-13)27-22)7-8-23-20(16)26-2/h4-8,10-11H,3,9,22H2,1-2H3,(H,24,25). The van der Waals surface area contributed by atoms with Gasteiger partial charge in [-0.3, -0.25) is 9.93 Å². The number of rotatable bonds is 6. The molecular formula is C20H20FN3O2S. The molecule has 140 valence electrons. The largest absolute Gasteiger partial charge is 0.481 e. The van der Waals surface area contributed by atoms with Crippen LogP contribution in [0.4, 0.5) is 10.1 Å². The minimum absolute atomic E-state index is 0.0915. The lowest BCUT2D eigenvalue weighted by atomic mass is 10.0. The van der Waals surface area contributed by atoms with E-state index in [1.165, 1.54) is 6.07 Å². The molecule has 0 aliphatic heterocycles. The van der Waals surface area contributed by atoms with Crippen LogP contribution in [0, 0.1) is 5.82 Å². The van der Waals surface area contributed by atoms with Gasteiger partial charge in [0.2, 0.25) is 11.8 Å². The summed E-state index contributed by atoms with van der Waals surface area (Å²) in [6, 6.07) is 10.2. The lowest BCUT2D eigenvalue weighted by molar-refractivity contribution is -0.115. The number of carbonyl (C=O) groups excluding carboxylic acids is 1. The van der Waals surface area contributed by atoms with Gasteiger partial charge in [-0.15, -0.1) is 0 Å². The Labute approximate surface area is 161 Å². The highest BCUT2D eigenvalue weighted by atomic mass is 32.2. The number of hydrogen-bond acceptors (Lipinski definition) is 5. The fourth-order valence-electron chi connectivity index (χ4n) is 3.10. The summed E-state index contributed by atoms with van der Waals surface area (Å²) >= 11 is 1.09. The number of amides is 1. The quantitative estimate of drug-likeness (QED) is 0.625. The average molecular weight is 385 g/mol. The van der Waals surface area contributed by atoms with Gasteiger partial charge in [0.05, 0.1) is 13.5 Å². The van der Waals surface area contributed by atoms with E-state index in [9.17, 15) is 9.18 Å². The van der Waals surface area contributed by atoms with E-state index in [2.05, 4.69) is 10.3 Å². The number of ether oxygens (including phenoxy) is 1. The Morgan fingerprint density at radius 1 is 1.30 bits per heavy atom. The summed E-state index contributed by atoms with van der Waals surface area (Å²) in [4.78, 5) is 17.5. The maximum Gasteiger partial charge on any atom is 0.228 e. The van der Waals surface area contributed by atoms with E-state index in [0.29, 0.717) is 29.1 Å². The molecule has 0 saturated heterocycles. The number of fused-ring (bicyclic) bond motifs is 1. The Hall–Kier alpha value is -2.64. The highest BCUT2D eigenvalue weighted by Gasteiger charge is 2.13. The monoisotopic (exact) mass is 385 g/mol. The summed E-state index contributed by atoms with van der Waals surface area (Å²) < 4.78 is 19.2. The summed E-state index contributed by atoms with van der Waals surface area (Å²) in [5.41, 5.74) is 1.83. The Balaban J connectivity index is 1.90. The van der Waals surface area contributed by atoms with Gasteiger partial charge >= 0.3 is 0 Å². The van der Waals surface area contributed by atoms with Gasteiger partial charge in [-0.2, -0.15) is 0 Å². The van der Waals surface area contributed by atoms with Gasteiger partial charge in [0.1, 0.15) is 5.82 Å². The molecule has 7 heteroatoms. The highest BCUT2D eigenvalue weighted by molar-refractivity contribution is 7.97. The lowest BCUT2D eigenvalue weighted by Gasteiger charge is -2.13. The van der Waals surface area contributed by atoms with E-state index >= 15 is 0 Å². The number of nitrogens with one attached hydrogen (secondary N) is 1. The van der Waals surface area contributed by atoms with Crippen molar-refractivity contribution in [2.45, 2.75) is 24.7 Å². The van der Waals surface area contributed by atoms with Gasteiger partial charge in [-0.05, 0) is 53.8 Å². The molecule has 0 saturated carbocycles. The van der Waals surface area contributed by atoms with Crippen molar-refractivity contribution in [3.8, 4) is 5.88 Å². The number of anilines is 1. The van der Waals surface area contributed by atoms with Crippen molar-refractivity contribution in [2.24, 2.45) is 5.14 Å². The number of carbonyl (C=O) groups is 1. The number of halogens is 1. The number of pyridine rings is 1. The van der Waals surface area contributed by atoms with Crippen LogP contribution in [0.3, 0.4) is 0 Å². The van der Waals surface area contributed by atoms with E-state index < -0.39 is 0 Å². The predicted molar refractivity (Wildman–Crippen MR) is 106 cm³/mol. The summed E-state index contributed by atoms with van der Waals surface area (Å²) in [5.74, 6) is -0.0612. The maximum atomic E-state index is 13.9. The molecule has 1 aromatic heterocycles. The van der Waals surface area contributed by atoms with E-state index in [1.807, 2.05) is 13.0 Å². The molecule has 3 N–H and O–H groups in total. The first-order valence-electron chi connectivity index (χ1n) is 8.47. The average Bonchev–Trinajstić information content (AvgIpc) is 2.67. The summed E-state index contributed by atoms with van der Waals surface area (Å²) in [6.07, 6.45) is 2.27. The van der Waals surface area contributed by atoms with Gasteiger partial charge in [0, 0.05) is 27.6 Å². The summed E-state index contributed by atoms with van der Waals surface area (Å²) in [5, 5.41) is 10.3. The van der Waals surface area contributed by atoms with E-state index in [1.54, 1.807) is 37.6 Å². The van der Waals surface area contributed by atoms with Crippen LogP contribution in [-0.4, -0.2) is 18.0 Å². The van der Waals surface area contributed by atoms with Crippen molar-refractivity contribution in [3.63, 3.8) is 0 Å². The summed E-state index contributed by atoms with van der Waals surface area (Å²) in [7, 11) is 1.54. The first-order valence-corrected chi connectivity index (χ1v) is 9.35. The van der Waals surface area contributed by atoms with Crippen molar-refractivity contribution in [2.75, 3.05) is 12.4 Å². The van der Waals surface area contributed by atoms with Crippen molar-refractivity contribution in [1.82, 2.24) is 4.98 Å². The van der Waals surface area contributed by atoms with Gasteiger partial charge in [-0.25, -0.2) is 9.37 Å². The molecule has 0 fully saturated rings. The highest BCUT2D eigenvalue weighted by Crippen LogP contribution is 2.33. The van der Waals surface area contributed by atoms with E-state index in [0.717, 1.165) is 27.6 Å². The number of hydrogen-bond donors (Lipinski definition) is 2. The maximum absolute atomic E-state index is 13.9. The Morgan fingerprint density at radius 3 is 2.81 bits per heavy atom. The zero-order valence-corrected chi connectivity index (χ0v) is 15.9. The lowest BCUT2D eigenvalue weighted by Crippen LogP contribution is -2.16. The van der Waals surface area contributed by atoms with Crippen molar-refractivity contribution in [3.05, 3.63) is 59.5 Å². The fourth-order valence-corrected chi connectivity index (χ4v) is 3.60. The third kappa shape index (κ3) is 4.04. The summed E-state index contributed by atoms with van der Waals surface area (Å²) in [6.45, 7) is 1.87. The van der Waals surface area contributed by atoms with Crippen LogP contribution in [0.5, 0.6) is 5.88 Å². The van der Waals surface area contributed by atoms with E-state index in [4.69, 9.17) is 9.88 Å². The molecule has 5 nitrogen and oxygen atoms in total. The first-order chi connectivity index (χ1) is 13.1. The van der Waals surface area contributed by atoms with Crippen LogP contribution in [0.25, 0.3) is 10.8 Å². The molecule has 0 unspecified atom stereocenters. The van der Waals surface area contributed by atoms with Gasteiger partial charge in [-0.1, -0.05) is 19.1 Å². The molecule has 3 rings (SSSR count). The third-order valence-electron chi connectivity index (χ3n) is 4.33. The van der Waals surface area contributed by atoms with Crippen LogP contribution in [-0.2, 0) is 17.6 Å². The minimum Gasteiger partial charge on any atom is -0.481 e. The molecule has 27 heavy (non-hydrogen) atoms. The second-order valence-electron chi connectivity index (χ2n) is 5.96. The van der Waals surface area contributed by atoms with Crippen LogP contribution < -0.4 is 15.2 Å². The third-order valence-corrected chi connectivity index (χ3v) is 4.92. The molecule has 3 aromatic rings. The van der Waals surface area contributed by atoms with Crippen LogP contribution in [0.1, 0.15) is 18.1 Å². The second kappa shape index (κ2) is 8.37. The molecule has 1 amide bonds. The zero-order valence-electron chi connectivity index (χ0n) is 15.1. The smallest absolute Gasteiger partial charge is 0.228 e. The van der Waals surface area contributed by atoms with Crippen molar-refractivity contribution < 1.29 is 13.9 Å². The van der Waals surface area contributed by atoms with E-state index in [-0.39, 0.29) is 18.1 Å². The van der Waals surface area contributed by atoms with Gasteiger partial charge < -0.3 is 10.1 Å². The molecule has 0 aliphatic carbocycles. The molecule has 0 bridgehead atoms. The fraction of sp³-hybridized carbons (Fsp3) is 0.200.